The molecule has 0 aliphatic carbocycles. The summed E-state index contributed by atoms with van der Waals surface area (Å²) in [6, 6.07) is 5.47. The van der Waals surface area contributed by atoms with Gasteiger partial charge in [0.1, 0.15) is 11.4 Å². The smallest absolute Gasteiger partial charge is 0.417 e. The van der Waals surface area contributed by atoms with E-state index in [-0.39, 0.29) is 17.8 Å². The summed E-state index contributed by atoms with van der Waals surface area (Å²) in [5.41, 5.74) is -0.449. The number of aromatic nitrogens is 2. The van der Waals surface area contributed by atoms with Gasteiger partial charge in [-0.25, -0.2) is 9.97 Å². The van der Waals surface area contributed by atoms with Crippen molar-refractivity contribution in [2.24, 2.45) is 0 Å². The minimum absolute atomic E-state index is 0.142. The highest BCUT2D eigenvalue weighted by atomic mass is 19.4. The van der Waals surface area contributed by atoms with Crippen LogP contribution < -0.4 is 15.0 Å². The molecule has 2 aromatic heterocycles. The minimum atomic E-state index is -4.41. The van der Waals surface area contributed by atoms with E-state index in [1.54, 1.807) is 12.1 Å². The van der Waals surface area contributed by atoms with Gasteiger partial charge in [0.05, 0.1) is 12.7 Å². The fraction of sp³-hybridized carbons (Fsp3) is 0.353. The number of anilines is 1. The number of nitrogens with one attached hydrogen (secondary N) is 1. The van der Waals surface area contributed by atoms with E-state index in [1.807, 2.05) is 4.90 Å². The van der Waals surface area contributed by atoms with Crippen molar-refractivity contribution < 1.29 is 22.7 Å². The standard InChI is InChI=1S/C17H17F3N4O2/c1-26-16-13(3-2-7-21-16)15(25)23-12-6-8-24(10-12)14-5-4-11(9-22-14)17(18,19)20/h2-5,7,9,12H,6,8,10H2,1H3,(H,23,25)/t12-/m0/s1. The van der Waals surface area contributed by atoms with Crippen molar-refractivity contribution in [3.05, 3.63) is 47.8 Å². The molecule has 6 nitrogen and oxygen atoms in total. The third kappa shape index (κ3) is 3.87. The molecule has 1 fully saturated rings. The van der Waals surface area contributed by atoms with Gasteiger partial charge in [0.25, 0.3) is 5.91 Å². The van der Waals surface area contributed by atoms with Crippen LogP contribution >= 0.6 is 0 Å². The molecule has 3 rings (SSSR count). The van der Waals surface area contributed by atoms with E-state index < -0.39 is 11.7 Å². The van der Waals surface area contributed by atoms with Crippen LogP contribution in [0.25, 0.3) is 0 Å². The zero-order valence-electron chi connectivity index (χ0n) is 14.0. The molecule has 1 saturated heterocycles. The van der Waals surface area contributed by atoms with Crippen LogP contribution in [0.1, 0.15) is 22.3 Å². The average Bonchev–Trinajstić information content (AvgIpc) is 3.09. The molecule has 1 amide bonds. The number of hydrogen-bond donors (Lipinski definition) is 1. The Morgan fingerprint density at radius 1 is 1.31 bits per heavy atom. The molecular formula is C17H17F3N4O2. The fourth-order valence-corrected chi connectivity index (χ4v) is 2.82. The summed E-state index contributed by atoms with van der Waals surface area (Å²) in [5.74, 6) is 0.389. The zero-order chi connectivity index (χ0) is 18.7. The van der Waals surface area contributed by atoms with Gasteiger partial charge in [-0.3, -0.25) is 4.79 Å². The van der Waals surface area contributed by atoms with E-state index in [2.05, 4.69) is 15.3 Å². The molecule has 26 heavy (non-hydrogen) atoms. The number of pyridine rings is 2. The molecule has 0 radical (unpaired) electrons. The Morgan fingerprint density at radius 3 is 2.77 bits per heavy atom. The highest BCUT2D eigenvalue weighted by Crippen LogP contribution is 2.30. The Morgan fingerprint density at radius 2 is 2.12 bits per heavy atom. The van der Waals surface area contributed by atoms with Crippen molar-refractivity contribution in [3.8, 4) is 5.88 Å². The number of carbonyl (C=O) groups excluding carboxylic acids is 1. The van der Waals surface area contributed by atoms with E-state index in [0.717, 1.165) is 12.3 Å². The number of alkyl halides is 3. The van der Waals surface area contributed by atoms with Crippen LogP contribution in [0.15, 0.2) is 36.7 Å². The largest absolute Gasteiger partial charge is 0.480 e. The molecule has 1 N–H and O–H groups in total. The second-order valence-corrected chi connectivity index (χ2v) is 5.87. The third-order valence-corrected chi connectivity index (χ3v) is 4.13. The normalized spacial score (nSPS) is 17.2. The van der Waals surface area contributed by atoms with Gasteiger partial charge in [-0.15, -0.1) is 0 Å². The Bertz CT molecular complexity index is 780. The van der Waals surface area contributed by atoms with Gasteiger partial charge in [-0.1, -0.05) is 0 Å². The molecule has 2 aromatic rings. The van der Waals surface area contributed by atoms with Crippen molar-refractivity contribution in [1.82, 2.24) is 15.3 Å². The van der Waals surface area contributed by atoms with E-state index in [9.17, 15) is 18.0 Å². The molecule has 0 saturated carbocycles. The van der Waals surface area contributed by atoms with E-state index in [4.69, 9.17) is 4.74 Å². The Kier molecular flexibility index (Phi) is 4.97. The highest BCUT2D eigenvalue weighted by molar-refractivity contribution is 5.96. The summed E-state index contributed by atoms with van der Waals surface area (Å²) in [6.45, 7) is 1.06. The molecular weight excluding hydrogens is 349 g/mol. The number of nitrogens with zero attached hydrogens (tertiary/aromatic N) is 3. The lowest BCUT2D eigenvalue weighted by Gasteiger charge is -2.18. The third-order valence-electron chi connectivity index (χ3n) is 4.13. The van der Waals surface area contributed by atoms with Crippen LogP contribution in [0.4, 0.5) is 19.0 Å². The van der Waals surface area contributed by atoms with Crippen LogP contribution in [0.2, 0.25) is 0 Å². The second kappa shape index (κ2) is 7.19. The lowest BCUT2D eigenvalue weighted by molar-refractivity contribution is -0.137. The first-order valence-corrected chi connectivity index (χ1v) is 7.96. The molecule has 0 unspecified atom stereocenters. The molecule has 3 heterocycles. The first kappa shape index (κ1) is 18.0. The minimum Gasteiger partial charge on any atom is -0.480 e. The lowest BCUT2D eigenvalue weighted by Crippen LogP contribution is -2.37. The van der Waals surface area contributed by atoms with Crippen LogP contribution in [-0.4, -0.2) is 42.1 Å². The fourth-order valence-electron chi connectivity index (χ4n) is 2.82. The van der Waals surface area contributed by atoms with Crippen molar-refractivity contribution in [2.45, 2.75) is 18.6 Å². The molecule has 1 atom stereocenters. The Labute approximate surface area is 148 Å². The van der Waals surface area contributed by atoms with Gasteiger partial charge in [0, 0.05) is 31.5 Å². The maximum Gasteiger partial charge on any atom is 0.417 e. The quantitative estimate of drug-likeness (QED) is 0.901. The number of carbonyl (C=O) groups is 1. The van der Waals surface area contributed by atoms with E-state index >= 15 is 0 Å². The second-order valence-electron chi connectivity index (χ2n) is 5.87. The monoisotopic (exact) mass is 366 g/mol. The molecule has 0 bridgehead atoms. The maximum atomic E-state index is 12.6. The van der Waals surface area contributed by atoms with Crippen LogP contribution in [0.3, 0.4) is 0 Å². The van der Waals surface area contributed by atoms with Gasteiger partial charge in [-0.05, 0) is 30.7 Å². The number of hydrogen-bond acceptors (Lipinski definition) is 5. The van der Waals surface area contributed by atoms with Gasteiger partial charge in [-0.2, -0.15) is 13.2 Å². The molecule has 1 aliphatic rings. The molecule has 0 aromatic carbocycles. The summed E-state index contributed by atoms with van der Waals surface area (Å²) in [5, 5.41) is 2.90. The lowest BCUT2D eigenvalue weighted by atomic mass is 10.2. The number of amides is 1. The summed E-state index contributed by atoms with van der Waals surface area (Å²) >= 11 is 0. The van der Waals surface area contributed by atoms with Gasteiger partial charge in [0.2, 0.25) is 5.88 Å². The van der Waals surface area contributed by atoms with Gasteiger partial charge >= 0.3 is 6.18 Å². The molecule has 1 aliphatic heterocycles. The van der Waals surface area contributed by atoms with Crippen molar-refractivity contribution >= 4 is 11.7 Å². The van der Waals surface area contributed by atoms with Crippen LogP contribution in [0, 0.1) is 0 Å². The Balaban J connectivity index is 1.63. The van der Waals surface area contributed by atoms with Crippen molar-refractivity contribution in [3.63, 3.8) is 0 Å². The predicted molar refractivity (Wildman–Crippen MR) is 88.1 cm³/mol. The summed E-state index contributed by atoms with van der Waals surface area (Å²) in [4.78, 5) is 22.1. The number of methoxy groups -OCH3 is 1. The SMILES string of the molecule is COc1ncccc1C(=O)N[C@H]1CCN(c2ccc(C(F)(F)F)cn2)C1. The summed E-state index contributed by atoms with van der Waals surface area (Å²) in [7, 11) is 1.44. The molecule has 0 spiro atoms. The summed E-state index contributed by atoms with van der Waals surface area (Å²) < 4.78 is 42.9. The Hall–Kier alpha value is -2.84. The van der Waals surface area contributed by atoms with Gasteiger partial charge in [0.15, 0.2) is 0 Å². The van der Waals surface area contributed by atoms with E-state index in [1.165, 1.54) is 19.4 Å². The first-order valence-electron chi connectivity index (χ1n) is 7.96. The highest BCUT2D eigenvalue weighted by Gasteiger charge is 2.31. The topological polar surface area (TPSA) is 67.3 Å². The molecule has 138 valence electrons. The summed E-state index contributed by atoms with van der Waals surface area (Å²) in [6.07, 6.45) is -1.39. The molecule has 9 heteroatoms. The van der Waals surface area contributed by atoms with E-state index in [0.29, 0.717) is 30.9 Å². The van der Waals surface area contributed by atoms with Crippen LogP contribution in [-0.2, 0) is 6.18 Å². The number of halogens is 3. The van der Waals surface area contributed by atoms with Crippen LogP contribution in [0.5, 0.6) is 5.88 Å². The van der Waals surface area contributed by atoms with Crippen molar-refractivity contribution in [2.75, 3.05) is 25.1 Å². The van der Waals surface area contributed by atoms with Gasteiger partial charge < -0.3 is 15.0 Å². The predicted octanol–water partition coefficient (Wildman–Crippen LogP) is 2.51. The first-order chi connectivity index (χ1) is 12.4. The zero-order valence-corrected chi connectivity index (χ0v) is 14.0. The number of ether oxygens (including phenoxy) is 1. The van der Waals surface area contributed by atoms with Crippen molar-refractivity contribution in [1.29, 1.82) is 0 Å². The number of rotatable bonds is 4. The average molecular weight is 366 g/mol. The maximum absolute atomic E-state index is 12.6.